The minimum absolute atomic E-state index is 0.00214. The molecule has 1 heterocycles. The van der Waals surface area contributed by atoms with Crippen molar-refractivity contribution in [2.45, 2.75) is 12.8 Å². The fourth-order valence-corrected chi connectivity index (χ4v) is 2.00. The monoisotopic (exact) mass is 269 g/mol. The van der Waals surface area contributed by atoms with Gasteiger partial charge in [0.2, 0.25) is 11.8 Å². The van der Waals surface area contributed by atoms with Crippen molar-refractivity contribution in [3.05, 3.63) is 36.5 Å². The van der Waals surface area contributed by atoms with Crippen LogP contribution in [0.5, 0.6) is 0 Å². The average Bonchev–Trinajstić information content (AvgIpc) is 3.29. The van der Waals surface area contributed by atoms with Crippen LogP contribution in [0.2, 0.25) is 0 Å². The van der Waals surface area contributed by atoms with Crippen LogP contribution in [-0.2, 0) is 9.59 Å². The molecule has 0 unspecified atom stereocenters. The Morgan fingerprint density at radius 3 is 2.85 bits per heavy atom. The summed E-state index contributed by atoms with van der Waals surface area (Å²) in [6.07, 6.45) is 3.48. The first kappa shape index (κ1) is 12.6. The molecule has 102 valence electrons. The molecule has 1 saturated carbocycles. The number of nitrogens with one attached hydrogen (secondary N) is 2. The van der Waals surface area contributed by atoms with Gasteiger partial charge < -0.3 is 10.6 Å². The standard InChI is InChI=1S/C15H15N3O2/c19-14(9-17-15(20)10-5-6-10)18-12-7-11-3-1-2-4-13(11)16-8-12/h1-4,7-8,10H,5-6,9H2,(H,17,20)(H,18,19). The van der Waals surface area contributed by atoms with Gasteiger partial charge in [-0.3, -0.25) is 14.6 Å². The zero-order valence-corrected chi connectivity index (χ0v) is 10.9. The van der Waals surface area contributed by atoms with E-state index in [1.54, 1.807) is 6.20 Å². The van der Waals surface area contributed by atoms with E-state index in [4.69, 9.17) is 0 Å². The maximum absolute atomic E-state index is 11.7. The van der Waals surface area contributed by atoms with Crippen molar-refractivity contribution in [2.24, 2.45) is 5.92 Å². The van der Waals surface area contributed by atoms with Crippen molar-refractivity contribution < 1.29 is 9.59 Å². The Bertz CT molecular complexity index is 665. The molecule has 20 heavy (non-hydrogen) atoms. The lowest BCUT2D eigenvalue weighted by atomic mass is 10.2. The highest BCUT2D eigenvalue weighted by Crippen LogP contribution is 2.28. The van der Waals surface area contributed by atoms with Crippen LogP contribution >= 0.6 is 0 Å². The zero-order chi connectivity index (χ0) is 13.9. The summed E-state index contributed by atoms with van der Waals surface area (Å²) in [5, 5.41) is 6.33. The summed E-state index contributed by atoms with van der Waals surface area (Å²) < 4.78 is 0. The number of aromatic nitrogens is 1. The van der Waals surface area contributed by atoms with Crippen molar-refractivity contribution in [3.63, 3.8) is 0 Å². The second kappa shape index (κ2) is 5.28. The zero-order valence-electron chi connectivity index (χ0n) is 10.9. The smallest absolute Gasteiger partial charge is 0.243 e. The summed E-state index contributed by atoms with van der Waals surface area (Å²) in [6, 6.07) is 9.55. The number of anilines is 1. The average molecular weight is 269 g/mol. The van der Waals surface area contributed by atoms with E-state index in [9.17, 15) is 9.59 Å². The molecule has 2 N–H and O–H groups in total. The van der Waals surface area contributed by atoms with E-state index in [0.29, 0.717) is 5.69 Å². The number of benzene rings is 1. The largest absolute Gasteiger partial charge is 0.347 e. The van der Waals surface area contributed by atoms with E-state index in [1.807, 2.05) is 30.3 Å². The number of carbonyl (C=O) groups excluding carboxylic acids is 2. The third-order valence-electron chi connectivity index (χ3n) is 3.25. The van der Waals surface area contributed by atoms with Gasteiger partial charge in [-0.05, 0) is 25.0 Å². The molecule has 1 fully saturated rings. The molecule has 5 heteroatoms. The van der Waals surface area contributed by atoms with E-state index in [-0.39, 0.29) is 24.3 Å². The SMILES string of the molecule is O=C(CNC(=O)C1CC1)Nc1cnc2ccccc2c1. The molecular formula is C15H15N3O2. The first-order chi connectivity index (χ1) is 9.72. The summed E-state index contributed by atoms with van der Waals surface area (Å²) in [6.45, 7) is 0.00214. The maximum Gasteiger partial charge on any atom is 0.243 e. The Kier molecular flexibility index (Phi) is 3.33. The highest BCUT2D eigenvalue weighted by molar-refractivity contribution is 5.96. The van der Waals surface area contributed by atoms with Crippen LogP contribution in [0.15, 0.2) is 36.5 Å². The number of hydrogen-bond donors (Lipinski definition) is 2. The predicted octanol–water partition coefficient (Wildman–Crippen LogP) is 1.70. The minimum atomic E-state index is -0.240. The number of rotatable bonds is 4. The molecule has 0 bridgehead atoms. The van der Waals surface area contributed by atoms with Crippen LogP contribution in [0.3, 0.4) is 0 Å². The Labute approximate surface area is 116 Å². The lowest BCUT2D eigenvalue weighted by Crippen LogP contribution is -2.33. The molecule has 5 nitrogen and oxygen atoms in total. The van der Waals surface area contributed by atoms with Gasteiger partial charge in [-0.1, -0.05) is 18.2 Å². The van der Waals surface area contributed by atoms with Gasteiger partial charge in [0.25, 0.3) is 0 Å². The fraction of sp³-hybridized carbons (Fsp3) is 0.267. The lowest BCUT2D eigenvalue weighted by molar-refractivity contribution is -0.125. The third-order valence-corrected chi connectivity index (χ3v) is 3.25. The second-order valence-electron chi connectivity index (χ2n) is 4.96. The highest BCUT2D eigenvalue weighted by Gasteiger charge is 2.29. The number of carbonyl (C=O) groups is 2. The quantitative estimate of drug-likeness (QED) is 0.887. The third kappa shape index (κ3) is 2.93. The molecule has 3 rings (SSSR count). The molecule has 0 radical (unpaired) electrons. The van der Waals surface area contributed by atoms with Crippen molar-refractivity contribution >= 4 is 28.4 Å². The van der Waals surface area contributed by atoms with Crippen LogP contribution in [0.25, 0.3) is 10.9 Å². The number of nitrogens with zero attached hydrogens (tertiary/aromatic N) is 1. The molecule has 1 aliphatic rings. The maximum atomic E-state index is 11.7. The van der Waals surface area contributed by atoms with Gasteiger partial charge >= 0.3 is 0 Å². The second-order valence-corrected chi connectivity index (χ2v) is 4.96. The highest BCUT2D eigenvalue weighted by atomic mass is 16.2. The van der Waals surface area contributed by atoms with E-state index in [0.717, 1.165) is 23.7 Å². The number of para-hydroxylation sites is 1. The van der Waals surface area contributed by atoms with Crippen molar-refractivity contribution in [2.75, 3.05) is 11.9 Å². The van der Waals surface area contributed by atoms with E-state index in [1.165, 1.54) is 0 Å². The van der Waals surface area contributed by atoms with Gasteiger partial charge in [0, 0.05) is 11.3 Å². The number of pyridine rings is 1. The summed E-state index contributed by atoms with van der Waals surface area (Å²) in [7, 11) is 0. The number of fused-ring (bicyclic) bond motifs is 1. The Hall–Kier alpha value is -2.43. The number of hydrogen-bond acceptors (Lipinski definition) is 3. The van der Waals surface area contributed by atoms with Gasteiger partial charge in [0.1, 0.15) is 0 Å². The summed E-state index contributed by atoms with van der Waals surface area (Å²) in [5.74, 6) is -0.155. The molecule has 0 saturated heterocycles. The van der Waals surface area contributed by atoms with E-state index in [2.05, 4.69) is 15.6 Å². The molecule has 2 aromatic rings. The molecule has 1 aromatic heterocycles. The molecule has 0 spiro atoms. The summed E-state index contributed by atoms with van der Waals surface area (Å²) in [5.41, 5.74) is 1.52. The lowest BCUT2D eigenvalue weighted by Gasteiger charge is -2.07. The fourth-order valence-electron chi connectivity index (χ4n) is 2.00. The normalized spacial score (nSPS) is 14.0. The van der Waals surface area contributed by atoms with E-state index >= 15 is 0 Å². The molecule has 0 atom stereocenters. The first-order valence-electron chi connectivity index (χ1n) is 6.65. The molecular weight excluding hydrogens is 254 g/mol. The van der Waals surface area contributed by atoms with Gasteiger partial charge in [-0.25, -0.2) is 0 Å². The number of amides is 2. The van der Waals surface area contributed by atoms with Crippen molar-refractivity contribution in [1.82, 2.24) is 10.3 Å². The van der Waals surface area contributed by atoms with Crippen LogP contribution in [0, 0.1) is 5.92 Å². The first-order valence-corrected chi connectivity index (χ1v) is 6.65. The Morgan fingerprint density at radius 2 is 2.05 bits per heavy atom. The predicted molar refractivity (Wildman–Crippen MR) is 76.1 cm³/mol. The van der Waals surface area contributed by atoms with Crippen molar-refractivity contribution in [3.8, 4) is 0 Å². The summed E-state index contributed by atoms with van der Waals surface area (Å²) in [4.78, 5) is 27.4. The topological polar surface area (TPSA) is 71.1 Å². The Balaban J connectivity index is 1.60. The molecule has 2 amide bonds. The Morgan fingerprint density at radius 1 is 1.25 bits per heavy atom. The van der Waals surface area contributed by atoms with Gasteiger partial charge in [0.05, 0.1) is 23.9 Å². The van der Waals surface area contributed by atoms with Crippen LogP contribution in [0.1, 0.15) is 12.8 Å². The molecule has 1 aliphatic carbocycles. The van der Waals surface area contributed by atoms with Gasteiger partial charge in [-0.2, -0.15) is 0 Å². The molecule has 1 aromatic carbocycles. The van der Waals surface area contributed by atoms with Crippen LogP contribution in [0.4, 0.5) is 5.69 Å². The minimum Gasteiger partial charge on any atom is -0.347 e. The van der Waals surface area contributed by atoms with Gasteiger partial charge in [0.15, 0.2) is 0 Å². The molecule has 0 aliphatic heterocycles. The van der Waals surface area contributed by atoms with Crippen LogP contribution in [-0.4, -0.2) is 23.3 Å². The van der Waals surface area contributed by atoms with Crippen LogP contribution < -0.4 is 10.6 Å². The van der Waals surface area contributed by atoms with Gasteiger partial charge in [-0.15, -0.1) is 0 Å². The summed E-state index contributed by atoms with van der Waals surface area (Å²) >= 11 is 0. The van der Waals surface area contributed by atoms with E-state index < -0.39 is 0 Å². The van der Waals surface area contributed by atoms with Crippen molar-refractivity contribution in [1.29, 1.82) is 0 Å².